The number of nitrogens with one attached hydrogen (secondary N) is 2. The highest BCUT2D eigenvalue weighted by molar-refractivity contribution is 5.85. The van der Waals surface area contributed by atoms with Crippen LogP contribution in [0.15, 0.2) is 48.5 Å². The van der Waals surface area contributed by atoms with Crippen molar-refractivity contribution in [3.05, 3.63) is 65.5 Å². The maximum Gasteiger partial charge on any atom is 0.408 e. The molecule has 30 heavy (non-hydrogen) atoms. The van der Waals surface area contributed by atoms with Gasteiger partial charge < -0.3 is 20.1 Å². The van der Waals surface area contributed by atoms with Gasteiger partial charge in [-0.3, -0.25) is 4.79 Å². The number of carbonyl (C=O) groups is 2. The van der Waals surface area contributed by atoms with Crippen molar-refractivity contribution in [3.63, 3.8) is 0 Å². The van der Waals surface area contributed by atoms with Gasteiger partial charge in [0.15, 0.2) is 0 Å². The molecule has 0 unspecified atom stereocenters. The average Bonchev–Trinajstić information content (AvgIpc) is 2.68. The standard InChI is InChI=1S/C23H29FN2O4/c1-5-20(26-22(28)30-23(2,3)4)21(27)25-14-16-9-11-19(12-10-16)29-15-17-7-6-8-18(24)13-17/h6-13,20H,5,14-15H2,1-4H3,(H,25,27)(H,26,28)/t20-/m0/s1. The summed E-state index contributed by atoms with van der Waals surface area (Å²) < 4.78 is 24.0. The van der Waals surface area contributed by atoms with Gasteiger partial charge >= 0.3 is 6.09 Å². The van der Waals surface area contributed by atoms with Crippen LogP contribution >= 0.6 is 0 Å². The smallest absolute Gasteiger partial charge is 0.408 e. The normalized spacial score (nSPS) is 12.0. The molecule has 0 bridgehead atoms. The maximum atomic E-state index is 13.2. The second-order valence-electron chi connectivity index (χ2n) is 7.89. The highest BCUT2D eigenvalue weighted by atomic mass is 19.1. The number of benzene rings is 2. The zero-order valence-corrected chi connectivity index (χ0v) is 17.8. The first-order valence-electron chi connectivity index (χ1n) is 9.89. The Kier molecular flexibility index (Phi) is 8.21. The van der Waals surface area contributed by atoms with Crippen molar-refractivity contribution in [1.29, 1.82) is 0 Å². The lowest BCUT2D eigenvalue weighted by atomic mass is 10.2. The number of alkyl carbamates (subject to hydrolysis) is 1. The molecular formula is C23H29FN2O4. The Morgan fingerprint density at radius 2 is 1.77 bits per heavy atom. The van der Waals surface area contributed by atoms with E-state index < -0.39 is 17.7 Å². The summed E-state index contributed by atoms with van der Waals surface area (Å²) in [6.07, 6.45) is -0.179. The molecule has 2 rings (SSSR count). The van der Waals surface area contributed by atoms with Crippen LogP contribution in [0.25, 0.3) is 0 Å². The Balaban J connectivity index is 1.81. The third kappa shape index (κ3) is 8.11. The van der Waals surface area contributed by atoms with Crippen molar-refractivity contribution >= 4 is 12.0 Å². The third-order valence-electron chi connectivity index (χ3n) is 4.10. The van der Waals surface area contributed by atoms with Crippen LogP contribution in [0.5, 0.6) is 5.75 Å². The highest BCUT2D eigenvalue weighted by Gasteiger charge is 2.22. The molecule has 0 fully saturated rings. The van der Waals surface area contributed by atoms with Crippen LogP contribution in [0.1, 0.15) is 45.2 Å². The molecule has 2 N–H and O–H groups in total. The number of hydrogen-bond acceptors (Lipinski definition) is 4. The zero-order chi connectivity index (χ0) is 22.1. The minimum atomic E-state index is -0.672. The maximum absolute atomic E-state index is 13.2. The summed E-state index contributed by atoms with van der Waals surface area (Å²) in [6, 6.07) is 12.8. The van der Waals surface area contributed by atoms with E-state index in [1.807, 2.05) is 19.1 Å². The molecule has 0 radical (unpaired) electrons. The van der Waals surface area contributed by atoms with Crippen LogP contribution in [-0.4, -0.2) is 23.6 Å². The fourth-order valence-corrected chi connectivity index (χ4v) is 2.61. The summed E-state index contributed by atoms with van der Waals surface area (Å²) in [4.78, 5) is 24.2. The summed E-state index contributed by atoms with van der Waals surface area (Å²) in [5.41, 5.74) is 1.00. The molecule has 0 aliphatic carbocycles. The molecule has 2 amide bonds. The van der Waals surface area contributed by atoms with E-state index in [1.165, 1.54) is 12.1 Å². The Bertz CT molecular complexity index is 847. The van der Waals surface area contributed by atoms with E-state index in [0.717, 1.165) is 11.1 Å². The van der Waals surface area contributed by atoms with Crippen LogP contribution in [0.2, 0.25) is 0 Å². The third-order valence-corrected chi connectivity index (χ3v) is 4.10. The first kappa shape index (κ1) is 23.2. The van der Waals surface area contributed by atoms with Gasteiger partial charge in [0, 0.05) is 6.54 Å². The van der Waals surface area contributed by atoms with Gasteiger partial charge in [-0.25, -0.2) is 9.18 Å². The molecule has 6 nitrogen and oxygen atoms in total. The van der Waals surface area contributed by atoms with E-state index in [2.05, 4.69) is 10.6 Å². The molecule has 1 atom stereocenters. The van der Waals surface area contributed by atoms with Crippen LogP contribution in [0, 0.1) is 5.82 Å². The fourth-order valence-electron chi connectivity index (χ4n) is 2.61. The number of halogens is 1. The highest BCUT2D eigenvalue weighted by Crippen LogP contribution is 2.15. The largest absolute Gasteiger partial charge is 0.489 e. The lowest BCUT2D eigenvalue weighted by Gasteiger charge is -2.22. The summed E-state index contributed by atoms with van der Waals surface area (Å²) in [5.74, 6) is 0.0656. The molecule has 7 heteroatoms. The molecule has 162 valence electrons. The molecule has 0 spiro atoms. The van der Waals surface area contributed by atoms with Crippen LogP contribution in [-0.2, 0) is 22.7 Å². The van der Waals surface area contributed by atoms with E-state index in [4.69, 9.17) is 9.47 Å². The predicted molar refractivity (Wildman–Crippen MR) is 112 cm³/mol. The molecule has 2 aromatic rings. The summed E-state index contributed by atoms with van der Waals surface area (Å²) in [6.45, 7) is 7.68. The number of hydrogen-bond donors (Lipinski definition) is 2. The van der Waals surface area contributed by atoms with Gasteiger partial charge in [-0.2, -0.15) is 0 Å². The molecule has 0 aliphatic heterocycles. The Labute approximate surface area is 176 Å². The van der Waals surface area contributed by atoms with Gasteiger partial charge in [-0.1, -0.05) is 31.2 Å². The number of rotatable bonds is 8. The lowest BCUT2D eigenvalue weighted by molar-refractivity contribution is -0.123. The minimum Gasteiger partial charge on any atom is -0.489 e. The topological polar surface area (TPSA) is 76.7 Å². The van der Waals surface area contributed by atoms with Gasteiger partial charge in [0.05, 0.1) is 0 Å². The first-order chi connectivity index (χ1) is 14.2. The van der Waals surface area contributed by atoms with Crippen molar-refractivity contribution in [1.82, 2.24) is 10.6 Å². The van der Waals surface area contributed by atoms with Crippen molar-refractivity contribution in [2.24, 2.45) is 0 Å². The average molecular weight is 416 g/mol. The van der Waals surface area contributed by atoms with Gasteiger partial charge in [-0.15, -0.1) is 0 Å². The monoisotopic (exact) mass is 416 g/mol. The second kappa shape index (κ2) is 10.6. The Morgan fingerprint density at radius 1 is 1.07 bits per heavy atom. The van der Waals surface area contributed by atoms with E-state index in [0.29, 0.717) is 18.7 Å². The van der Waals surface area contributed by atoms with E-state index in [1.54, 1.807) is 45.0 Å². The van der Waals surface area contributed by atoms with Gasteiger partial charge in [0.1, 0.15) is 29.8 Å². The molecule has 2 aromatic carbocycles. The van der Waals surface area contributed by atoms with Crippen molar-refractivity contribution in [2.45, 2.75) is 58.9 Å². The molecule has 0 aromatic heterocycles. The van der Waals surface area contributed by atoms with Gasteiger partial charge in [0.25, 0.3) is 0 Å². The number of amides is 2. The first-order valence-corrected chi connectivity index (χ1v) is 9.89. The molecule has 0 saturated heterocycles. The fraction of sp³-hybridized carbons (Fsp3) is 0.391. The minimum absolute atomic E-state index is 0.266. The van der Waals surface area contributed by atoms with E-state index >= 15 is 0 Å². The number of ether oxygens (including phenoxy) is 2. The molecule has 0 saturated carbocycles. The second-order valence-corrected chi connectivity index (χ2v) is 7.89. The summed E-state index contributed by atoms with van der Waals surface area (Å²) >= 11 is 0. The van der Waals surface area contributed by atoms with Crippen LogP contribution < -0.4 is 15.4 Å². The predicted octanol–water partition coefficient (Wildman–Crippen LogP) is 4.32. The van der Waals surface area contributed by atoms with E-state index in [9.17, 15) is 14.0 Å². The Morgan fingerprint density at radius 3 is 2.37 bits per heavy atom. The van der Waals surface area contributed by atoms with Crippen molar-refractivity contribution in [2.75, 3.05) is 0 Å². The zero-order valence-electron chi connectivity index (χ0n) is 17.8. The molecular weight excluding hydrogens is 387 g/mol. The van der Waals surface area contributed by atoms with Crippen molar-refractivity contribution in [3.8, 4) is 5.75 Å². The number of carbonyl (C=O) groups excluding carboxylic acids is 2. The van der Waals surface area contributed by atoms with E-state index in [-0.39, 0.29) is 18.3 Å². The lowest BCUT2D eigenvalue weighted by Crippen LogP contribution is -2.47. The molecule has 0 heterocycles. The molecule has 0 aliphatic rings. The summed E-state index contributed by atoms with van der Waals surface area (Å²) in [7, 11) is 0. The van der Waals surface area contributed by atoms with Gasteiger partial charge in [-0.05, 0) is 62.6 Å². The van der Waals surface area contributed by atoms with Gasteiger partial charge in [0.2, 0.25) is 5.91 Å². The van der Waals surface area contributed by atoms with Crippen LogP contribution in [0.4, 0.5) is 9.18 Å². The van der Waals surface area contributed by atoms with Crippen LogP contribution in [0.3, 0.4) is 0 Å². The Hall–Kier alpha value is -3.09. The summed E-state index contributed by atoms with van der Waals surface area (Å²) in [5, 5.41) is 5.39. The SMILES string of the molecule is CC[C@H](NC(=O)OC(C)(C)C)C(=O)NCc1ccc(OCc2cccc(F)c2)cc1. The quantitative estimate of drug-likeness (QED) is 0.672. The van der Waals surface area contributed by atoms with Crippen molar-refractivity contribution < 1.29 is 23.5 Å².